The van der Waals surface area contributed by atoms with E-state index in [-0.39, 0.29) is 18.0 Å². The van der Waals surface area contributed by atoms with E-state index in [0.29, 0.717) is 24.4 Å². The predicted molar refractivity (Wildman–Crippen MR) is 73.9 cm³/mol. The molecule has 0 unspecified atom stereocenters. The minimum atomic E-state index is -1.03. The lowest BCUT2D eigenvalue weighted by Gasteiger charge is -2.15. The normalized spacial score (nSPS) is 10.6. The summed E-state index contributed by atoms with van der Waals surface area (Å²) in [5.74, 6) is -0.264. The van der Waals surface area contributed by atoms with Gasteiger partial charge in [0.05, 0.1) is 19.1 Å². The van der Waals surface area contributed by atoms with Gasteiger partial charge in [0.1, 0.15) is 17.1 Å². The van der Waals surface area contributed by atoms with Crippen LogP contribution in [0.1, 0.15) is 33.9 Å². The Bertz CT molecular complexity index is 627. The number of aryl methyl sites for hydroxylation is 2. The van der Waals surface area contributed by atoms with Crippen molar-refractivity contribution >= 4 is 11.9 Å². The summed E-state index contributed by atoms with van der Waals surface area (Å²) in [4.78, 5) is 24.5. The van der Waals surface area contributed by atoms with E-state index < -0.39 is 5.97 Å². The molecule has 1 amide bonds. The molecule has 0 bridgehead atoms. The highest BCUT2D eigenvalue weighted by Crippen LogP contribution is 2.16. The molecule has 0 spiro atoms. The summed E-state index contributed by atoms with van der Waals surface area (Å²) in [7, 11) is 1.66. The molecule has 0 aliphatic rings. The molecule has 2 aromatic rings. The van der Waals surface area contributed by atoms with E-state index in [9.17, 15) is 9.59 Å². The van der Waals surface area contributed by atoms with Gasteiger partial charge in [0.25, 0.3) is 0 Å². The molecule has 2 aromatic heterocycles. The minimum absolute atomic E-state index is 0.0397. The van der Waals surface area contributed by atoms with Crippen molar-refractivity contribution in [1.29, 1.82) is 0 Å². The molecule has 1 N–H and O–H groups in total. The minimum Gasteiger partial charge on any atom is -0.478 e. The molecule has 0 aromatic carbocycles. The van der Waals surface area contributed by atoms with Crippen LogP contribution in [-0.2, 0) is 17.8 Å². The van der Waals surface area contributed by atoms with Crippen molar-refractivity contribution in [2.24, 2.45) is 0 Å². The summed E-state index contributed by atoms with van der Waals surface area (Å²) < 4.78 is 10.3. The fourth-order valence-electron chi connectivity index (χ4n) is 2.03. The number of carboxylic acid groups (broad SMARTS) is 1. The van der Waals surface area contributed by atoms with E-state index in [1.165, 1.54) is 11.0 Å². The number of aromatic carboxylic acids is 1. The van der Waals surface area contributed by atoms with Crippen LogP contribution in [0.25, 0.3) is 0 Å². The number of carbonyl (C=O) groups is 2. The molecule has 0 saturated heterocycles. The van der Waals surface area contributed by atoms with E-state index in [2.05, 4.69) is 0 Å². The molecule has 6 nitrogen and oxygen atoms in total. The van der Waals surface area contributed by atoms with Crippen molar-refractivity contribution < 1.29 is 23.5 Å². The zero-order chi connectivity index (χ0) is 15.4. The summed E-state index contributed by atoms with van der Waals surface area (Å²) in [5, 5.41) is 8.96. The topological polar surface area (TPSA) is 83.9 Å². The van der Waals surface area contributed by atoms with Gasteiger partial charge in [-0.2, -0.15) is 0 Å². The van der Waals surface area contributed by atoms with Crippen LogP contribution >= 0.6 is 0 Å². The second-order valence-electron chi connectivity index (χ2n) is 4.87. The van der Waals surface area contributed by atoms with Crippen LogP contribution < -0.4 is 0 Å². The predicted octanol–water partition coefficient (Wildman–Crippen LogP) is 2.47. The number of hydrogen-bond donors (Lipinski definition) is 1. The molecule has 2 heterocycles. The lowest BCUT2D eigenvalue weighted by molar-refractivity contribution is -0.130. The Morgan fingerprint density at radius 3 is 2.71 bits per heavy atom. The molecule has 0 atom stereocenters. The van der Waals surface area contributed by atoms with Crippen LogP contribution in [0.5, 0.6) is 0 Å². The maximum Gasteiger partial charge on any atom is 0.339 e. The van der Waals surface area contributed by atoms with Gasteiger partial charge in [0.15, 0.2) is 0 Å². The van der Waals surface area contributed by atoms with Gasteiger partial charge in [0, 0.05) is 13.5 Å². The molecule has 0 saturated carbocycles. The maximum absolute atomic E-state index is 12.0. The first-order valence-corrected chi connectivity index (χ1v) is 6.55. The fraction of sp³-hybridized carbons (Fsp3) is 0.333. The van der Waals surface area contributed by atoms with Crippen LogP contribution in [0, 0.1) is 6.92 Å². The highest BCUT2D eigenvalue weighted by atomic mass is 16.4. The highest BCUT2D eigenvalue weighted by Gasteiger charge is 2.16. The summed E-state index contributed by atoms with van der Waals surface area (Å²) in [5.41, 5.74) is 1.10. The van der Waals surface area contributed by atoms with Crippen LogP contribution in [0.4, 0.5) is 0 Å². The van der Waals surface area contributed by atoms with Crippen molar-refractivity contribution in [3.05, 3.63) is 47.3 Å². The van der Waals surface area contributed by atoms with Gasteiger partial charge in [-0.1, -0.05) is 0 Å². The molecule has 112 valence electrons. The van der Waals surface area contributed by atoms with Crippen molar-refractivity contribution in [3.8, 4) is 0 Å². The first kappa shape index (κ1) is 14.9. The second-order valence-corrected chi connectivity index (χ2v) is 4.87. The van der Waals surface area contributed by atoms with Crippen LogP contribution in [0.3, 0.4) is 0 Å². The van der Waals surface area contributed by atoms with Crippen molar-refractivity contribution in [3.63, 3.8) is 0 Å². The van der Waals surface area contributed by atoms with Crippen molar-refractivity contribution in [2.45, 2.75) is 26.3 Å². The van der Waals surface area contributed by atoms with Gasteiger partial charge in [-0.25, -0.2) is 4.79 Å². The fourth-order valence-corrected chi connectivity index (χ4v) is 2.03. The molecule has 21 heavy (non-hydrogen) atoms. The summed E-state index contributed by atoms with van der Waals surface area (Å²) in [6.07, 6.45) is 4.16. The van der Waals surface area contributed by atoms with Gasteiger partial charge in [0.2, 0.25) is 5.91 Å². The average molecular weight is 291 g/mol. The largest absolute Gasteiger partial charge is 0.478 e. The Morgan fingerprint density at radius 1 is 1.38 bits per heavy atom. The molecule has 0 fully saturated rings. The monoisotopic (exact) mass is 291 g/mol. The molecular formula is C15H17NO5. The number of rotatable bonds is 6. The smallest absolute Gasteiger partial charge is 0.339 e. The number of nitrogens with zero attached hydrogens (tertiary/aromatic N) is 1. The number of carboxylic acids is 1. The van der Waals surface area contributed by atoms with E-state index >= 15 is 0 Å². The quantitative estimate of drug-likeness (QED) is 0.883. The molecule has 0 aliphatic heterocycles. The van der Waals surface area contributed by atoms with Gasteiger partial charge < -0.3 is 18.8 Å². The maximum atomic E-state index is 12.0. The van der Waals surface area contributed by atoms with E-state index in [1.54, 1.807) is 26.5 Å². The molecule has 0 radical (unpaired) electrons. The summed E-state index contributed by atoms with van der Waals surface area (Å²) in [6.45, 7) is 1.84. The zero-order valence-electron chi connectivity index (χ0n) is 12.0. The first-order chi connectivity index (χ1) is 9.97. The Morgan fingerprint density at radius 2 is 2.14 bits per heavy atom. The molecule has 0 aliphatic carbocycles. The van der Waals surface area contributed by atoms with E-state index in [4.69, 9.17) is 13.9 Å². The number of carbonyl (C=O) groups excluding carboxylic acids is 1. The Balaban J connectivity index is 1.91. The number of hydrogen-bond acceptors (Lipinski definition) is 4. The van der Waals surface area contributed by atoms with Crippen LogP contribution in [0.2, 0.25) is 0 Å². The standard InChI is InChI=1S/C15H17NO5/c1-10-13(15(18)19)7-12(21-10)8-16(2)14(17)4-3-11-5-6-20-9-11/h5-7,9H,3-4,8H2,1-2H3,(H,18,19). The van der Waals surface area contributed by atoms with Crippen LogP contribution in [-0.4, -0.2) is 28.9 Å². The van der Waals surface area contributed by atoms with Gasteiger partial charge >= 0.3 is 5.97 Å². The number of furan rings is 2. The summed E-state index contributed by atoms with van der Waals surface area (Å²) in [6, 6.07) is 3.28. The van der Waals surface area contributed by atoms with Crippen molar-refractivity contribution in [2.75, 3.05) is 7.05 Å². The van der Waals surface area contributed by atoms with Gasteiger partial charge in [-0.15, -0.1) is 0 Å². The third-order valence-corrected chi connectivity index (χ3v) is 3.23. The first-order valence-electron chi connectivity index (χ1n) is 6.55. The Kier molecular flexibility index (Phi) is 4.47. The molecule has 2 rings (SSSR count). The Hall–Kier alpha value is -2.50. The van der Waals surface area contributed by atoms with E-state index in [0.717, 1.165) is 5.56 Å². The second kappa shape index (κ2) is 6.30. The van der Waals surface area contributed by atoms with Gasteiger partial charge in [-0.3, -0.25) is 4.79 Å². The zero-order valence-corrected chi connectivity index (χ0v) is 12.0. The molecular weight excluding hydrogens is 274 g/mol. The Labute approximate surface area is 122 Å². The SMILES string of the molecule is Cc1oc(CN(C)C(=O)CCc2ccoc2)cc1C(=O)O. The van der Waals surface area contributed by atoms with Crippen LogP contribution in [0.15, 0.2) is 33.5 Å². The van der Waals surface area contributed by atoms with Crippen molar-refractivity contribution in [1.82, 2.24) is 4.90 Å². The third-order valence-electron chi connectivity index (χ3n) is 3.23. The van der Waals surface area contributed by atoms with E-state index in [1.807, 2.05) is 6.07 Å². The lowest BCUT2D eigenvalue weighted by atomic mass is 10.2. The highest BCUT2D eigenvalue weighted by molar-refractivity contribution is 5.88. The van der Waals surface area contributed by atoms with Gasteiger partial charge in [-0.05, 0) is 31.0 Å². The average Bonchev–Trinajstić information content (AvgIpc) is 3.05. The third kappa shape index (κ3) is 3.75. The molecule has 6 heteroatoms. The summed E-state index contributed by atoms with van der Waals surface area (Å²) >= 11 is 0. The lowest BCUT2D eigenvalue weighted by Crippen LogP contribution is -2.26. The number of amides is 1.